The van der Waals surface area contributed by atoms with Crippen LogP contribution < -0.4 is 35.2 Å². The molecule has 6 atom stereocenters. The van der Waals surface area contributed by atoms with Gasteiger partial charge in [0.05, 0.1) is 0 Å². The summed E-state index contributed by atoms with van der Waals surface area (Å²) in [6, 6.07) is 63.6. The fraction of sp³-hybridized carbons (Fsp3) is 0.312. The van der Waals surface area contributed by atoms with Gasteiger partial charge in [0.1, 0.15) is 0 Å². The topological polar surface area (TPSA) is 0 Å². The zero-order valence-electron chi connectivity index (χ0n) is 41.7. The van der Waals surface area contributed by atoms with Gasteiger partial charge < -0.3 is 24.8 Å². The zero-order chi connectivity index (χ0) is 46.3. The molecule has 0 saturated heterocycles. The maximum atomic E-state index is 2.63. The molecule has 0 aliphatic heterocycles. The number of allylic oxidation sites excluding steroid dienone is 4. The van der Waals surface area contributed by atoms with Gasteiger partial charge >= 0.3 is 432 Å². The summed E-state index contributed by atoms with van der Waals surface area (Å²) in [5, 5.41) is 3.49. The van der Waals surface area contributed by atoms with Crippen molar-refractivity contribution in [3.63, 3.8) is 0 Å². The van der Waals surface area contributed by atoms with Gasteiger partial charge in [0, 0.05) is 0 Å². The van der Waals surface area contributed by atoms with Gasteiger partial charge in [0.25, 0.3) is 0 Å². The summed E-state index contributed by atoms with van der Waals surface area (Å²) in [5.74, 6) is -2.16. The van der Waals surface area contributed by atoms with E-state index >= 15 is 0 Å². The van der Waals surface area contributed by atoms with Gasteiger partial charge in [-0.05, 0) is 0 Å². The van der Waals surface area contributed by atoms with E-state index in [2.05, 4.69) is 220 Å². The summed E-state index contributed by atoms with van der Waals surface area (Å²) in [6.45, 7) is 4.63. The van der Waals surface area contributed by atoms with E-state index in [4.69, 9.17) is 0 Å². The predicted molar refractivity (Wildman–Crippen MR) is 296 cm³/mol. The Morgan fingerprint density at radius 1 is 0.314 bits per heavy atom. The van der Waals surface area contributed by atoms with E-state index in [0.29, 0.717) is 0 Å². The first kappa shape index (κ1) is 54.8. The zero-order valence-corrected chi connectivity index (χ0v) is 52.8. The van der Waals surface area contributed by atoms with E-state index < -0.39 is 53.2 Å². The van der Waals surface area contributed by atoms with E-state index in [-0.39, 0.29) is 24.8 Å². The molecule has 10 rings (SSSR count). The molecule has 6 aromatic rings. The van der Waals surface area contributed by atoms with Gasteiger partial charge in [-0.15, -0.1) is 0 Å². The van der Waals surface area contributed by atoms with Crippen molar-refractivity contribution in [2.45, 2.75) is 118 Å². The number of halogens is 2. The molecule has 0 aromatic heterocycles. The van der Waals surface area contributed by atoms with Crippen LogP contribution in [0.25, 0.3) is 24.3 Å². The molecule has 6 heteroatoms. The minimum atomic E-state index is -2.27. The first-order valence-electron chi connectivity index (χ1n) is 26.6. The molecule has 0 spiro atoms. The van der Waals surface area contributed by atoms with Gasteiger partial charge in [-0.1, -0.05) is 0 Å². The van der Waals surface area contributed by atoms with Crippen molar-refractivity contribution < 1.29 is 66.0 Å². The Balaban J connectivity index is 0.000000201. The van der Waals surface area contributed by atoms with Crippen molar-refractivity contribution >= 4 is 46.6 Å². The van der Waals surface area contributed by atoms with E-state index in [1.807, 2.05) is 0 Å². The Hall–Kier alpha value is -2.97. The molecule has 6 aromatic carbocycles. The van der Waals surface area contributed by atoms with Crippen LogP contribution in [0.4, 0.5) is 0 Å². The van der Waals surface area contributed by atoms with Crippen LogP contribution in [0.15, 0.2) is 182 Å². The molecule has 0 nitrogen and oxygen atoms in total. The maximum Gasteiger partial charge on any atom is -1.00 e. The van der Waals surface area contributed by atoms with Crippen LogP contribution in [0, 0.1) is 0 Å². The summed E-state index contributed by atoms with van der Waals surface area (Å²) in [6.07, 6.45) is 37.1. The molecular weight excluding hydrogens is 1250 g/mol. The van der Waals surface area contributed by atoms with Crippen molar-refractivity contribution in [2.75, 3.05) is 0 Å². The van der Waals surface area contributed by atoms with Gasteiger partial charge in [-0.2, -0.15) is 0 Å². The third-order valence-electron chi connectivity index (χ3n) is 15.5. The van der Waals surface area contributed by atoms with Crippen LogP contribution in [0.1, 0.15) is 150 Å². The molecule has 360 valence electrons. The number of unbranched alkanes of at least 4 members (excludes halogenated alkanes) is 10. The summed E-state index contributed by atoms with van der Waals surface area (Å²) in [7, 11) is 0. The molecule has 0 bridgehead atoms. The second-order valence-corrected chi connectivity index (χ2v) is 66.7. The molecular formula is C64H74Cl2Hf2Si2. The number of benzene rings is 6. The standard InChI is InChI=1S/2C14H23Si.4C9H7.2ClH.2Hf/c2*1-2-3-4-5-6-10-13-15-14-11-8-7-9-12-14;4*1-2-5-9-7-3-6-8(9)4-1;;;;/h2*7-9,11-12,15H,2-6,10,13H2,1H3;4*1-7H;2*1H;;/q;;;;;;;;2*+1/p-2. The van der Waals surface area contributed by atoms with Gasteiger partial charge in [0.2, 0.25) is 0 Å². The first-order chi connectivity index (χ1) is 33.7. The maximum absolute atomic E-state index is 2.63. The van der Waals surface area contributed by atoms with Crippen LogP contribution in [-0.4, -0.2) is 12.0 Å². The fourth-order valence-electron chi connectivity index (χ4n) is 12.1. The second kappa shape index (κ2) is 28.5. The van der Waals surface area contributed by atoms with Crippen molar-refractivity contribution in [1.29, 1.82) is 0 Å². The molecule has 70 heavy (non-hydrogen) atoms. The van der Waals surface area contributed by atoms with E-state index in [9.17, 15) is 0 Å². The Kier molecular flexibility index (Phi) is 22.3. The van der Waals surface area contributed by atoms with E-state index in [1.165, 1.54) is 111 Å². The summed E-state index contributed by atoms with van der Waals surface area (Å²) in [5.41, 5.74) is 12.5. The molecule has 0 radical (unpaired) electrons. The molecule has 6 unspecified atom stereocenters. The summed E-state index contributed by atoms with van der Waals surface area (Å²) < 4.78 is 2.89. The molecule has 0 N–H and O–H groups in total. The molecule has 4 aliphatic carbocycles. The van der Waals surface area contributed by atoms with E-state index in [1.54, 1.807) is 32.6 Å². The van der Waals surface area contributed by atoms with Crippen LogP contribution in [0.3, 0.4) is 0 Å². The van der Waals surface area contributed by atoms with Crippen LogP contribution in [0.2, 0.25) is 12.1 Å². The first-order valence-corrected chi connectivity index (χ1v) is 51.3. The van der Waals surface area contributed by atoms with Gasteiger partial charge in [-0.25, -0.2) is 0 Å². The normalized spacial score (nSPS) is 18.1. The van der Waals surface area contributed by atoms with Crippen molar-refractivity contribution in [3.8, 4) is 0 Å². The Labute approximate surface area is 452 Å². The molecule has 0 heterocycles. The predicted octanol–water partition coefficient (Wildman–Crippen LogP) is 10.3. The van der Waals surface area contributed by atoms with Crippen LogP contribution in [-0.2, 0) is 41.2 Å². The Morgan fingerprint density at radius 3 is 0.871 bits per heavy atom. The number of fused-ring (bicyclic) bond motifs is 4. The number of hydrogen-bond acceptors (Lipinski definition) is 0. The Morgan fingerprint density at radius 2 is 0.571 bits per heavy atom. The van der Waals surface area contributed by atoms with Gasteiger partial charge in [-0.3, -0.25) is 0 Å². The fourth-order valence-corrected chi connectivity index (χ4v) is 87.2. The average molecular weight is 1330 g/mol. The van der Waals surface area contributed by atoms with Crippen molar-refractivity contribution in [1.82, 2.24) is 0 Å². The van der Waals surface area contributed by atoms with Crippen LogP contribution >= 0.6 is 0 Å². The monoisotopic (exact) mass is 1330 g/mol. The quantitative estimate of drug-likeness (QED) is 0.0470. The van der Waals surface area contributed by atoms with Gasteiger partial charge in [0.15, 0.2) is 0 Å². The number of hydrogen-bond donors (Lipinski definition) is 0. The SMILES string of the molecule is CCCCCCCC[SiH](c1ccccc1)[Hf+]([CH]1C=Cc2ccccc21)[CH]1C=Cc2ccccc21.CCCCCCCC[SiH](c1ccccc1)[Hf+]([CH]1C=Cc2ccccc21)[CH]1C=Cc2ccccc21.[Cl-].[Cl-]. The minimum absolute atomic E-state index is 0. The molecule has 4 aliphatic rings. The Bertz CT molecular complexity index is 2340. The summed E-state index contributed by atoms with van der Waals surface area (Å²) >= 11 is -4.54. The molecule has 0 saturated carbocycles. The van der Waals surface area contributed by atoms with Crippen molar-refractivity contribution in [3.05, 3.63) is 227 Å². The van der Waals surface area contributed by atoms with Crippen LogP contribution in [0.5, 0.6) is 0 Å². The largest absolute Gasteiger partial charge is 1.00 e. The molecule has 0 fully saturated rings. The summed E-state index contributed by atoms with van der Waals surface area (Å²) in [4.78, 5) is 0. The third kappa shape index (κ3) is 13.4. The van der Waals surface area contributed by atoms with E-state index in [0.717, 1.165) is 14.7 Å². The smallest absolute Gasteiger partial charge is 1.00 e. The van der Waals surface area contributed by atoms with Crippen molar-refractivity contribution in [2.24, 2.45) is 0 Å². The average Bonchev–Trinajstić information content (AvgIpc) is 4.22. The number of rotatable bonds is 22. The molecule has 0 amide bonds. The minimum Gasteiger partial charge on any atom is -1.00 e. The second-order valence-electron chi connectivity index (χ2n) is 19.9. The third-order valence-corrected chi connectivity index (χ3v) is 81.6.